The fourth-order valence-corrected chi connectivity index (χ4v) is 1.99. The maximum atomic E-state index is 8.74. The molecule has 3 N–H and O–H groups in total. The van der Waals surface area contributed by atoms with Gasteiger partial charge in [-0.1, -0.05) is 0 Å². The first kappa shape index (κ1) is 11.7. The van der Waals surface area contributed by atoms with Crippen LogP contribution in [0.15, 0.2) is 18.2 Å². The summed E-state index contributed by atoms with van der Waals surface area (Å²) in [5.74, 6) is 0. The molecule has 4 nitrogen and oxygen atoms in total. The highest BCUT2D eigenvalue weighted by Gasteiger charge is 2.13. The van der Waals surface area contributed by atoms with Gasteiger partial charge in [0.1, 0.15) is 0 Å². The van der Waals surface area contributed by atoms with Gasteiger partial charge < -0.3 is 15.8 Å². The van der Waals surface area contributed by atoms with E-state index in [1.54, 1.807) is 12.1 Å². The van der Waals surface area contributed by atoms with E-state index in [1.807, 2.05) is 6.07 Å². The minimum absolute atomic E-state index is 0.277. The number of nitrogen functional groups attached to an aromatic ring is 1. The molecule has 1 aromatic rings. The Morgan fingerprint density at radius 2 is 2.35 bits per heavy atom. The highest BCUT2D eigenvalue weighted by Crippen LogP contribution is 2.20. The molecule has 1 fully saturated rings. The minimum atomic E-state index is 0.277. The molecule has 90 valence electrons. The van der Waals surface area contributed by atoms with Crippen LogP contribution in [0, 0.1) is 11.3 Å². The lowest BCUT2D eigenvalue weighted by molar-refractivity contribution is 0.0248. The third-order valence-electron chi connectivity index (χ3n) is 2.97. The van der Waals surface area contributed by atoms with Gasteiger partial charge in [-0.25, -0.2) is 0 Å². The predicted molar refractivity (Wildman–Crippen MR) is 67.7 cm³/mol. The Hall–Kier alpha value is -1.73. The van der Waals surface area contributed by atoms with Crippen molar-refractivity contribution in [3.05, 3.63) is 23.8 Å². The number of nitrogens with zero attached hydrogens (tertiary/aromatic N) is 1. The van der Waals surface area contributed by atoms with E-state index in [0.29, 0.717) is 11.3 Å². The lowest BCUT2D eigenvalue weighted by Crippen LogP contribution is -2.27. The van der Waals surface area contributed by atoms with Gasteiger partial charge >= 0.3 is 0 Å². The van der Waals surface area contributed by atoms with Gasteiger partial charge in [-0.15, -0.1) is 0 Å². The number of nitrogens with one attached hydrogen (secondary N) is 1. The minimum Gasteiger partial charge on any atom is -0.397 e. The maximum Gasteiger partial charge on any atom is 0.0992 e. The summed E-state index contributed by atoms with van der Waals surface area (Å²) in [6, 6.07) is 7.36. The molecule has 0 bridgehead atoms. The zero-order chi connectivity index (χ0) is 12.1. The van der Waals surface area contributed by atoms with E-state index in [2.05, 4.69) is 11.4 Å². The van der Waals surface area contributed by atoms with Crippen molar-refractivity contribution in [1.29, 1.82) is 5.26 Å². The summed E-state index contributed by atoms with van der Waals surface area (Å²) >= 11 is 0. The highest BCUT2D eigenvalue weighted by atomic mass is 16.5. The van der Waals surface area contributed by atoms with Crippen LogP contribution in [0.3, 0.4) is 0 Å². The van der Waals surface area contributed by atoms with Crippen molar-refractivity contribution in [2.45, 2.75) is 25.4 Å². The summed E-state index contributed by atoms with van der Waals surface area (Å²) in [6.45, 7) is 1.63. The normalized spacial score (nSPS) is 19.6. The Balaban J connectivity index is 1.92. The van der Waals surface area contributed by atoms with Crippen molar-refractivity contribution >= 4 is 11.4 Å². The Kier molecular flexibility index (Phi) is 3.84. The van der Waals surface area contributed by atoms with Crippen molar-refractivity contribution in [3.8, 4) is 6.07 Å². The molecule has 1 aliphatic heterocycles. The molecule has 17 heavy (non-hydrogen) atoms. The summed E-state index contributed by atoms with van der Waals surface area (Å²) in [5, 5.41) is 12.0. The van der Waals surface area contributed by atoms with E-state index in [1.165, 1.54) is 6.42 Å². The zero-order valence-corrected chi connectivity index (χ0v) is 9.78. The fourth-order valence-electron chi connectivity index (χ4n) is 1.99. The Morgan fingerprint density at radius 3 is 3.00 bits per heavy atom. The van der Waals surface area contributed by atoms with E-state index < -0.39 is 0 Å². The van der Waals surface area contributed by atoms with Crippen LogP contribution in [0.2, 0.25) is 0 Å². The van der Waals surface area contributed by atoms with Crippen molar-refractivity contribution in [3.63, 3.8) is 0 Å². The van der Waals surface area contributed by atoms with Gasteiger partial charge in [0.05, 0.1) is 29.1 Å². The molecule has 4 heteroatoms. The molecule has 0 aromatic heterocycles. The largest absolute Gasteiger partial charge is 0.397 e. The van der Waals surface area contributed by atoms with Crippen molar-refractivity contribution in [2.24, 2.45) is 0 Å². The summed E-state index contributed by atoms with van der Waals surface area (Å²) in [5.41, 5.74) is 7.93. The lowest BCUT2D eigenvalue weighted by atomic mass is 10.1. The fraction of sp³-hybridized carbons (Fsp3) is 0.462. The quantitative estimate of drug-likeness (QED) is 0.782. The number of nitrogens with two attached hydrogens (primary N) is 1. The molecule has 0 spiro atoms. The zero-order valence-electron chi connectivity index (χ0n) is 9.78. The van der Waals surface area contributed by atoms with Gasteiger partial charge in [0.2, 0.25) is 0 Å². The molecule has 0 aliphatic carbocycles. The summed E-state index contributed by atoms with van der Waals surface area (Å²) in [4.78, 5) is 0. The molecule has 1 heterocycles. The molecule has 1 aromatic carbocycles. The van der Waals surface area contributed by atoms with Crippen LogP contribution in [0.5, 0.6) is 0 Å². The number of benzene rings is 1. The van der Waals surface area contributed by atoms with Crippen molar-refractivity contribution in [2.75, 3.05) is 24.2 Å². The molecule has 1 atom stereocenters. The second kappa shape index (κ2) is 5.55. The van der Waals surface area contributed by atoms with E-state index in [0.717, 1.165) is 31.7 Å². The average molecular weight is 231 g/mol. The average Bonchev–Trinajstić information content (AvgIpc) is 2.38. The predicted octanol–water partition coefficient (Wildman–Crippen LogP) is 2.12. The number of nitriles is 1. The Morgan fingerprint density at radius 1 is 1.47 bits per heavy atom. The molecular weight excluding hydrogens is 214 g/mol. The molecule has 0 amide bonds. The Bertz CT molecular complexity index is 419. The molecule has 2 rings (SSSR count). The number of anilines is 2. The standard InChI is InChI=1S/C13H17N3O/c14-8-10-4-5-13(12(15)7-10)16-9-11-3-1-2-6-17-11/h4-5,7,11,16H,1-3,6,9,15H2. The maximum absolute atomic E-state index is 8.74. The van der Waals surface area contributed by atoms with Crippen molar-refractivity contribution < 1.29 is 4.74 Å². The SMILES string of the molecule is N#Cc1ccc(NCC2CCCCO2)c(N)c1. The monoisotopic (exact) mass is 231 g/mol. The first-order valence-corrected chi connectivity index (χ1v) is 5.94. The molecule has 0 saturated carbocycles. The molecule has 0 radical (unpaired) electrons. The van der Waals surface area contributed by atoms with Crippen LogP contribution < -0.4 is 11.1 Å². The van der Waals surface area contributed by atoms with E-state index in [-0.39, 0.29) is 6.10 Å². The van der Waals surface area contributed by atoms with Gasteiger partial charge in [0.15, 0.2) is 0 Å². The molecular formula is C13H17N3O. The topological polar surface area (TPSA) is 71.1 Å². The van der Waals surface area contributed by atoms with Crippen LogP contribution >= 0.6 is 0 Å². The third kappa shape index (κ3) is 3.11. The van der Waals surface area contributed by atoms with Gasteiger partial charge in [0.25, 0.3) is 0 Å². The number of hydrogen-bond acceptors (Lipinski definition) is 4. The lowest BCUT2D eigenvalue weighted by Gasteiger charge is -2.23. The number of ether oxygens (including phenoxy) is 1. The first-order valence-electron chi connectivity index (χ1n) is 5.94. The van der Waals surface area contributed by atoms with Gasteiger partial charge in [-0.3, -0.25) is 0 Å². The van der Waals surface area contributed by atoms with Gasteiger partial charge in [0, 0.05) is 13.2 Å². The van der Waals surface area contributed by atoms with E-state index in [9.17, 15) is 0 Å². The second-order valence-electron chi connectivity index (χ2n) is 4.28. The third-order valence-corrected chi connectivity index (χ3v) is 2.97. The van der Waals surface area contributed by atoms with Crippen LogP contribution in [0.1, 0.15) is 24.8 Å². The first-order chi connectivity index (χ1) is 8.29. The molecule has 1 saturated heterocycles. The highest BCUT2D eigenvalue weighted by molar-refractivity contribution is 5.68. The smallest absolute Gasteiger partial charge is 0.0992 e. The summed E-state index contributed by atoms with van der Waals surface area (Å²) < 4.78 is 5.63. The molecule has 1 aliphatic rings. The Labute approximate surface area is 101 Å². The van der Waals surface area contributed by atoms with Crippen LogP contribution in [0.4, 0.5) is 11.4 Å². The van der Waals surface area contributed by atoms with E-state index >= 15 is 0 Å². The molecule has 1 unspecified atom stereocenters. The number of rotatable bonds is 3. The summed E-state index contributed by atoms with van der Waals surface area (Å²) in [6.07, 6.45) is 3.77. The van der Waals surface area contributed by atoms with Crippen molar-refractivity contribution in [1.82, 2.24) is 0 Å². The van der Waals surface area contributed by atoms with Crippen LogP contribution in [-0.2, 0) is 4.74 Å². The van der Waals surface area contributed by atoms with Gasteiger partial charge in [-0.05, 0) is 37.5 Å². The number of hydrogen-bond donors (Lipinski definition) is 2. The van der Waals surface area contributed by atoms with Gasteiger partial charge in [-0.2, -0.15) is 5.26 Å². The second-order valence-corrected chi connectivity index (χ2v) is 4.28. The summed E-state index contributed by atoms with van der Waals surface area (Å²) in [7, 11) is 0. The van der Waals surface area contributed by atoms with Crippen LogP contribution in [-0.4, -0.2) is 19.3 Å². The van der Waals surface area contributed by atoms with E-state index in [4.69, 9.17) is 15.7 Å². The van der Waals surface area contributed by atoms with Crippen LogP contribution in [0.25, 0.3) is 0 Å².